The number of benzene rings is 1. The lowest BCUT2D eigenvalue weighted by Gasteiger charge is -2.21. The number of hydrogen-bond acceptors (Lipinski definition) is 5. The standard InChI is InChI=1S/C20H32N2O4S2/c1-14-13-15(2)17(4)20(16(14)3)28(24,25)22-8-5-19(23)21-9-12-27-18-6-10-26-11-7-18/h13,18,22H,5-12H2,1-4H3,(H,21,23). The molecule has 1 aliphatic heterocycles. The summed E-state index contributed by atoms with van der Waals surface area (Å²) in [7, 11) is -3.65. The van der Waals surface area contributed by atoms with Gasteiger partial charge >= 0.3 is 0 Å². The topological polar surface area (TPSA) is 84.5 Å². The fraction of sp³-hybridized carbons (Fsp3) is 0.650. The molecule has 1 saturated heterocycles. The summed E-state index contributed by atoms with van der Waals surface area (Å²) in [5.41, 5.74) is 3.40. The molecule has 0 spiro atoms. The molecule has 0 saturated carbocycles. The lowest BCUT2D eigenvalue weighted by atomic mass is 10.0. The van der Waals surface area contributed by atoms with Crippen molar-refractivity contribution in [2.45, 2.75) is 57.1 Å². The number of ether oxygens (including phenoxy) is 1. The van der Waals surface area contributed by atoms with Crippen molar-refractivity contribution >= 4 is 27.7 Å². The Kier molecular flexibility index (Phi) is 8.80. The Morgan fingerprint density at radius 2 is 1.71 bits per heavy atom. The maximum Gasteiger partial charge on any atom is 0.241 e. The summed E-state index contributed by atoms with van der Waals surface area (Å²) < 4.78 is 33.4. The van der Waals surface area contributed by atoms with E-state index in [1.165, 1.54) is 0 Å². The molecule has 0 aromatic heterocycles. The molecule has 6 nitrogen and oxygen atoms in total. The summed E-state index contributed by atoms with van der Waals surface area (Å²) >= 11 is 1.86. The Morgan fingerprint density at radius 3 is 2.32 bits per heavy atom. The molecule has 2 N–H and O–H groups in total. The Morgan fingerprint density at radius 1 is 1.11 bits per heavy atom. The molecule has 1 aliphatic rings. The van der Waals surface area contributed by atoms with Crippen molar-refractivity contribution in [2.75, 3.05) is 32.1 Å². The number of hydrogen-bond donors (Lipinski definition) is 2. The summed E-state index contributed by atoms with van der Waals surface area (Å²) in [6, 6.07) is 2.00. The van der Waals surface area contributed by atoms with Crippen LogP contribution in [0.4, 0.5) is 0 Å². The van der Waals surface area contributed by atoms with Gasteiger partial charge in [-0.15, -0.1) is 0 Å². The minimum atomic E-state index is -3.65. The number of rotatable bonds is 9. The summed E-state index contributed by atoms with van der Waals surface area (Å²) in [4.78, 5) is 12.3. The van der Waals surface area contributed by atoms with Crippen LogP contribution in [0.15, 0.2) is 11.0 Å². The summed E-state index contributed by atoms with van der Waals surface area (Å²) in [6.45, 7) is 9.79. The van der Waals surface area contributed by atoms with Crippen LogP contribution in [0.1, 0.15) is 41.5 Å². The smallest absolute Gasteiger partial charge is 0.241 e. The van der Waals surface area contributed by atoms with E-state index in [1.54, 1.807) is 0 Å². The Hall–Kier alpha value is -1.09. The van der Waals surface area contributed by atoms with Crippen LogP contribution in [0.2, 0.25) is 0 Å². The Balaban J connectivity index is 1.77. The second-order valence-electron chi connectivity index (χ2n) is 7.27. The SMILES string of the molecule is Cc1cc(C)c(C)c(S(=O)(=O)NCCC(=O)NCCSC2CCOCC2)c1C. The first-order valence-electron chi connectivity index (χ1n) is 9.75. The van der Waals surface area contributed by atoms with E-state index < -0.39 is 10.0 Å². The van der Waals surface area contributed by atoms with E-state index >= 15 is 0 Å². The molecule has 8 heteroatoms. The van der Waals surface area contributed by atoms with Gasteiger partial charge in [-0.1, -0.05) is 6.07 Å². The lowest BCUT2D eigenvalue weighted by Crippen LogP contribution is -2.32. The quantitative estimate of drug-likeness (QED) is 0.591. The van der Waals surface area contributed by atoms with Gasteiger partial charge in [0.25, 0.3) is 0 Å². The van der Waals surface area contributed by atoms with Gasteiger partial charge in [0.1, 0.15) is 0 Å². The van der Waals surface area contributed by atoms with Crippen LogP contribution < -0.4 is 10.0 Å². The molecule has 1 fully saturated rings. The second kappa shape index (κ2) is 10.6. The third-order valence-electron chi connectivity index (χ3n) is 5.16. The van der Waals surface area contributed by atoms with Gasteiger partial charge in [-0.05, 0) is 62.8 Å². The van der Waals surface area contributed by atoms with Crippen molar-refractivity contribution in [3.05, 3.63) is 28.3 Å². The minimum absolute atomic E-state index is 0.0904. The summed E-state index contributed by atoms with van der Waals surface area (Å²) in [6.07, 6.45) is 2.26. The van der Waals surface area contributed by atoms with Crippen LogP contribution in [-0.2, 0) is 19.6 Å². The third-order valence-corrected chi connectivity index (χ3v) is 8.27. The molecular formula is C20H32N2O4S2. The highest BCUT2D eigenvalue weighted by Gasteiger charge is 2.22. The Bertz CT molecular complexity index is 762. The highest BCUT2D eigenvalue weighted by atomic mass is 32.2. The van der Waals surface area contributed by atoms with Crippen LogP contribution >= 0.6 is 11.8 Å². The average Bonchev–Trinajstić information content (AvgIpc) is 2.64. The first-order chi connectivity index (χ1) is 13.2. The van der Waals surface area contributed by atoms with E-state index in [1.807, 2.05) is 45.5 Å². The molecule has 2 rings (SSSR count). The van der Waals surface area contributed by atoms with Crippen molar-refractivity contribution in [1.29, 1.82) is 0 Å². The summed E-state index contributed by atoms with van der Waals surface area (Å²) in [5.74, 6) is 0.729. The molecule has 0 bridgehead atoms. The predicted molar refractivity (Wildman–Crippen MR) is 115 cm³/mol. The number of carbonyl (C=O) groups is 1. The van der Waals surface area contributed by atoms with E-state index in [4.69, 9.17) is 4.74 Å². The molecule has 1 aromatic rings. The van der Waals surface area contributed by atoms with Crippen LogP contribution in [0.5, 0.6) is 0 Å². The van der Waals surface area contributed by atoms with E-state index in [9.17, 15) is 13.2 Å². The van der Waals surface area contributed by atoms with E-state index in [2.05, 4.69) is 10.0 Å². The monoisotopic (exact) mass is 428 g/mol. The van der Waals surface area contributed by atoms with Crippen molar-refractivity contribution < 1.29 is 17.9 Å². The second-order valence-corrected chi connectivity index (χ2v) is 10.4. The number of carbonyl (C=O) groups excluding carboxylic acids is 1. The van der Waals surface area contributed by atoms with Gasteiger partial charge in [-0.2, -0.15) is 11.8 Å². The largest absolute Gasteiger partial charge is 0.381 e. The molecule has 1 amide bonds. The highest BCUT2D eigenvalue weighted by molar-refractivity contribution is 7.99. The van der Waals surface area contributed by atoms with Crippen molar-refractivity contribution in [2.24, 2.45) is 0 Å². The zero-order valence-corrected chi connectivity index (χ0v) is 18.9. The highest BCUT2D eigenvalue weighted by Crippen LogP contribution is 2.25. The lowest BCUT2D eigenvalue weighted by molar-refractivity contribution is -0.120. The number of amides is 1. The maximum atomic E-state index is 12.7. The van der Waals surface area contributed by atoms with Gasteiger partial charge < -0.3 is 10.1 Å². The Labute approximate surface area is 173 Å². The van der Waals surface area contributed by atoms with Crippen LogP contribution in [-0.4, -0.2) is 51.6 Å². The van der Waals surface area contributed by atoms with Gasteiger partial charge in [0, 0.05) is 43.7 Å². The predicted octanol–water partition coefficient (Wildman–Crippen LogP) is 2.62. The van der Waals surface area contributed by atoms with Gasteiger partial charge in [-0.3, -0.25) is 4.79 Å². The van der Waals surface area contributed by atoms with Gasteiger partial charge in [-0.25, -0.2) is 13.1 Å². The van der Waals surface area contributed by atoms with Gasteiger partial charge in [0.15, 0.2) is 0 Å². The minimum Gasteiger partial charge on any atom is -0.381 e. The van der Waals surface area contributed by atoms with Crippen LogP contribution in [0.3, 0.4) is 0 Å². The molecule has 0 atom stereocenters. The molecular weight excluding hydrogens is 396 g/mol. The van der Waals surface area contributed by atoms with Crippen molar-refractivity contribution in [3.63, 3.8) is 0 Å². The van der Waals surface area contributed by atoms with Crippen LogP contribution in [0, 0.1) is 27.7 Å². The van der Waals surface area contributed by atoms with Crippen molar-refractivity contribution in [1.82, 2.24) is 10.0 Å². The molecule has 0 radical (unpaired) electrons. The number of nitrogens with one attached hydrogen (secondary N) is 2. The maximum absolute atomic E-state index is 12.7. The molecule has 0 aliphatic carbocycles. The average molecular weight is 429 g/mol. The first kappa shape index (κ1) is 23.2. The zero-order chi connectivity index (χ0) is 20.7. The molecule has 28 heavy (non-hydrogen) atoms. The molecule has 1 aromatic carbocycles. The normalized spacial score (nSPS) is 15.6. The molecule has 158 valence electrons. The summed E-state index contributed by atoms with van der Waals surface area (Å²) in [5, 5.41) is 3.48. The molecule has 0 unspecified atom stereocenters. The fourth-order valence-electron chi connectivity index (χ4n) is 3.30. The van der Waals surface area contributed by atoms with Crippen molar-refractivity contribution in [3.8, 4) is 0 Å². The van der Waals surface area contributed by atoms with Gasteiger partial charge in [0.2, 0.25) is 15.9 Å². The van der Waals surface area contributed by atoms with E-state index in [0.29, 0.717) is 16.7 Å². The van der Waals surface area contributed by atoms with E-state index in [0.717, 1.165) is 54.1 Å². The first-order valence-corrected chi connectivity index (χ1v) is 12.3. The fourth-order valence-corrected chi connectivity index (χ4v) is 6.02. The number of aryl methyl sites for hydroxylation is 2. The molecule has 1 heterocycles. The van der Waals surface area contributed by atoms with Crippen LogP contribution in [0.25, 0.3) is 0 Å². The number of sulfonamides is 1. The number of thioether (sulfide) groups is 1. The van der Waals surface area contributed by atoms with E-state index in [-0.39, 0.29) is 18.9 Å². The third kappa shape index (κ3) is 6.47. The zero-order valence-electron chi connectivity index (χ0n) is 17.3. The van der Waals surface area contributed by atoms with Gasteiger partial charge in [0.05, 0.1) is 4.90 Å².